The third-order valence-corrected chi connectivity index (χ3v) is 4.12. The largest absolute Gasteiger partial charge is 0.496 e. The molecule has 0 bridgehead atoms. The van der Waals surface area contributed by atoms with E-state index in [0.717, 1.165) is 16.8 Å². The SMILES string of the molecule is COc1ccccc1[C@@H](NC(=O)Nc1cccc(C)c1)c1nccn1C. The number of methoxy groups -OCH3 is 1. The van der Waals surface area contributed by atoms with Crippen molar-refractivity contribution in [3.63, 3.8) is 0 Å². The summed E-state index contributed by atoms with van der Waals surface area (Å²) in [4.78, 5) is 17.0. The number of benzene rings is 2. The highest BCUT2D eigenvalue weighted by Crippen LogP contribution is 2.29. The van der Waals surface area contributed by atoms with Gasteiger partial charge in [-0.15, -0.1) is 0 Å². The summed E-state index contributed by atoms with van der Waals surface area (Å²) in [6.07, 6.45) is 3.55. The van der Waals surface area contributed by atoms with Gasteiger partial charge in [-0.05, 0) is 30.7 Å². The number of carbonyl (C=O) groups excluding carboxylic acids is 1. The normalized spacial score (nSPS) is 11.7. The molecule has 3 rings (SSSR count). The van der Waals surface area contributed by atoms with Crippen LogP contribution in [0.3, 0.4) is 0 Å². The van der Waals surface area contributed by atoms with Gasteiger partial charge in [0, 0.05) is 30.7 Å². The standard InChI is InChI=1S/C20H22N4O2/c1-14-7-6-8-15(13-14)22-20(25)23-18(19-21-11-12-24(19)2)16-9-4-5-10-17(16)26-3/h4-13,18H,1-3H3,(H2,22,23,25)/t18-/m1/s1. The Morgan fingerprint density at radius 1 is 1.19 bits per heavy atom. The zero-order chi connectivity index (χ0) is 18.5. The van der Waals surface area contributed by atoms with E-state index in [-0.39, 0.29) is 6.03 Å². The molecule has 1 atom stereocenters. The van der Waals surface area contributed by atoms with E-state index in [9.17, 15) is 4.79 Å². The number of aryl methyl sites for hydroxylation is 2. The van der Waals surface area contributed by atoms with E-state index in [1.807, 2.05) is 73.3 Å². The van der Waals surface area contributed by atoms with Crippen LogP contribution in [-0.2, 0) is 7.05 Å². The molecule has 0 saturated carbocycles. The van der Waals surface area contributed by atoms with E-state index in [1.165, 1.54) is 0 Å². The van der Waals surface area contributed by atoms with E-state index >= 15 is 0 Å². The second-order valence-electron chi connectivity index (χ2n) is 6.04. The molecular formula is C20H22N4O2. The van der Waals surface area contributed by atoms with Crippen LogP contribution in [0.5, 0.6) is 5.75 Å². The van der Waals surface area contributed by atoms with Crippen LogP contribution in [0.25, 0.3) is 0 Å². The van der Waals surface area contributed by atoms with Crippen LogP contribution in [0.1, 0.15) is 23.0 Å². The lowest BCUT2D eigenvalue weighted by Gasteiger charge is -2.21. The quantitative estimate of drug-likeness (QED) is 0.738. The molecule has 2 aromatic carbocycles. The molecule has 0 spiro atoms. The van der Waals surface area contributed by atoms with Gasteiger partial charge in [0.25, 0.3) is 0 Å². The lowest BCUT2D eigenvalue weighted by atomic mass is 10.0. The van der Waals surface area contributed by atoms with Gasteiger partial charge < -0.3 is 19.9 Å². The molecular weight excluding hydrogens is 328 g/mol. The van der Waals surface area contributed by atoms with Crippen molar-refractivity contribution in [2.75, 3.05) is 12.4 Å². The van der Waals surface area contributed by atoms with Crippen LogP contribution < -0.4 is 15.4 Å². The molecule has 6 heteroatoms. The minimum Gasteiger partial charge on any atom is -0.496 e. The fourth-order valence-electron chi connectivity index (χ4n) is 2.86. The number of anilines is 1. The zero-order valence-corrected chi connectivity index (χ0v) is 15.1. The summed E-state index contributed by atoms with van der Waals surface area (Å²) in [5, 5.41) is 5.88. The summed E-state index contributed by atoms with van der Waals surface area (Å²) in [5.41, 5.74) is 2.65. The number of hydrogen-bond acceptors (Lipinski definition) is 3. The molecule has 0 radical (unpaired) electrons. The van der Waals surface area contributed by atoms with E-state index in [0.29, 0.717) is 11.6 Å². The molecule has 0 saturated heterocycles. The van der Waals surface area contributed by atoms with Crippen molar-refractivity contribution in [1.29, 1.82) is 0 Å². The maximum Gasteiger partial charge on any atom is 0.320 e. The van der Waals surface area contributed by atoms with Crippen LogP contribution in [0.15, 0.2) is 60.9 Å². The molecule has 2 N–H and O–H groups in total. The van der Waals surface area contributed by atoms with Gasteiger partial charge in [-0.25, -0.2) is 9.78 Å². The van der Waals surface area contributed by atoms with Crippen LogP contribution in [-0.4, -0.2) is 22.7 Å². The Morgan fingerprint density at radius 3 is 2.69 bits per heavy atom. The number of hydrogen-bond donors (Lipinski definition) is 2. The number of ether oxygens (including phenoxy) is 1. The Morgan fingerprint density at radius 2 is 2.00 bits per heavy atom. The first-order valence-corrected chi connectivity index (χ1v) is 8.33. The average Bonchev–Trinajstić information content (AvgIpc) is 3.05. The van der Waals surface area contributed by atoms with Crippen LogP contribution >= 0.6 is 0 Å². The number of imidazole rings is 1. The molecule has 0 aliphatic carbocycles. The van der Waals surface area contributed by atoms with Crippen LogP contribution in [0.2, 0.25) is 0 Å². The highest BCUT2D eigenvalue weighted by molar-refractivity contribution is 5.89. The summed E-state index contributed by atoms with van der Waals surface area (Å²) < 4.78 is 7.35. The van der Waals surface area contributed by atoms with Crippen LogP contribution in [0.4, 0.5) is 10.5 Å². The predicted molar refractivity (Wildman–Crippen MR) is 101 cm³/mol. The molecule has 0 unspecified atom stereocenters. The van der Waals surface area contributed by atoms with E-state index in [4.69, 9.17) is 4.74 Å². The van der Waals surface area contributed by atoms with E-state index in [1.54, 1.807) is 13.3 Å². The Balaban J connectivity index is 1.89. The molecule has 0 aliphatic heterocycles. The Hall–Kier alpha value is -3.28. The molecule has 0 fully saturated rings. The summed E-state index contributed by atoms with van der Waals surface area (Å²) in [5.74, 6) is 1.41. The van der Waals surface area contributed by atoms with Gasteiger partial charge in [0.1, 0.15) is 17.6 Å². The molecule has 26 heavy (non-hydrogen) atoms. The molecule has 1 aromatic heterocycles. The fraction of sp³-hybridized carbons (Fsp3) is 0.200. The highest BCUT2D eigenvalue weighted by Gasteiger charge is 2.23. The minimum absolute atomic E-state index is 0.311. The number of urea groups is 1. The average molecular weight is 350 g/mol. The van der Waals surface area contributed by atoms with Crippen molar-refractivity contribution in [2.45, 2.75) is 13.0 Å². The number of carbonyl (C=O) groups is 1. The lowest BCUT2D eigenvalue weighted by molar-refractivity contribution is 0.249. The number of amides is 2. The first kappa shape index (κ1) is 17.5. The maximum atomic E-state index is 12.6. The van der Waals surface area contributed by atoms with Gasteiger partial charge in [-0.2, -0.15) is 0 Å². The second kappa shape index (κ2) is 7.74. The smallest absolute Gasteiger partial charge is 0.320 e. The summed E-state index contributed by atoms with van der Waals surface area (Å²) in [7, 11) is 3.51. The van der Waals surface area contributed by atoms with Crippen molar-refractivity contribution < 1.29 is 9.53 Å². The first-order valence-electron chi connectivity index (χ1n) is 8.33. The molecule has 3 aromatic rings. The summed E-state index contributed by atoms with van der Waals surface area (Å²) >= 11 is 0. The molecule has 0 aliphatic rings. The Bertz CT molecular complexity index is 904. The van der Waals surface area contributed by atoms with Gasteiger partial charge in [0.2, 0.25) is 0 Å². The van der Waals surface area contributed by atoms with Crippen molar-refractivity contribution in [2.24, 2.45) is 7.05 Å². The number of para-hydroxylation sites is 1. The maximum absolute atomic E-state index is 12.6. The van der Waals surface area contributed by atoms with Gasteiger partial charge in [-0.1, -0.05) is 30.3 Å². The summed E-state index contributed by atoms with van der Waals surface area (Å²) in [6, 6.07) is 14.5. The van der Waals surface area contributed by atoms with Crippen molar-refractivity contribution in [3.8, 4) is 5.75 Å². The summed E-state index contributed by atoms with van der Waals surface area (Å²) in [6.45, 7) is 1.98. The first-order chi connectivity index (χ1) is 12.6. The van der Waals surface area contributed by atoms with E-state index in [2.05, 4.69) is 15.6 Å². The number of aromatic nitrogens is 2. The van der Waals surface area contributed by atoms with Crippen molar-refractivity contribution in [1.82, 2.24) is 14.9 Å². The minimum atomic E-state index is -0.448. The fourth-order valence-corrected chi connectivity index (χ4v) is 2.86. The number of rotatable bonds is 5. The second-order valence-corrected chi connectivity index (χ2v) is 6.04. The number of nitrogens with one attached hydrogen (secondary N) is 2. The van der Waals surface area contributed by atoms with Gasteiger partial charge in [-0.3, -0.25) is 0 Å². The van der Waals surface area contributed by atoms with Crippen LogP contribution in [0, 0.1) is 6.92 Å². The highest BCUT2D eigenvalue weighted by atomic mass is 16.5. The molecule has 134 valence electrons. The van der Waals surface area contributed by atoms with Crippen molar-refractivity contribution in [3.05, 3.63) is 77.9 Å². The topological polar surface area (TPSA) is 68.2 Å². The van der Waals surface area contributed by atoms with Gasteiger partial charge >= 0.3 is 6.03 Å². The van der Waals surface area contributed by atoms with E-state index < -0.39 is 6.04 Å². The van der Waals surface area contributed by atoms with Crippen molar-refractivity contribution >= 4 is 11.7 Å². The number of nitrogens with zero attached hydrogens (tertiary/aromatic N) is 2. The monoisotopic (exact) mass is 350 g/mol. The molecule has 2 amide bonds. The van der Waals surface area contributed by atoms with Gasteiger partial charge in [0.05, 0.1) is 7.11 Å². The predicted octanol–water partition coefficient (Wildman–Crippen LogP) is 3.65. The third kappa shape index (κ3) is 3.85. The third-order valence-electron chi connectivity index (χ3n) is 4.12. The zero-order valence-electron chi connectivity index (χ0n) is 15.1. The van der Waals surface area contributed by atoms with Gasteiger partial charge in [0.15, 0.2) is 0 Å². The molecule has 6 nitrogen and oxygen atoms in total. The Labute approximate surface area is 152 Å². The lowest BCUT2D eigenvalue weighted by Crippen LogP contribution is -2.34. The Kier molecular flexibility index (Phi) is 5.22. The molecule has 1 heterocycles.